The van der Waals surface area contributed by atoms with Crippen LogP contribution in [0.25, 0.3) is 0 Å². The van der Waals surface area contributed by atoms with E-state index >= 15 is 0 Å². The van der Waals surface area contributed by atoms with Crippen LogP contribution in [0.3, 0.4) is 0 Å². The van der Waals surface area contributed by atoms with Crippen LogP contribution in [0.15, 0.2) is 24.3 Å². The molecule has 82 valence electrons. The van der Waals surface area contributed by atoms with Crippen LogP contribution in [0.4, 0.5) is 5.69 Å². The summed E-state index contributed by atoms with van der Waals surface area (Å²) >= 11 is 0. The summed E-state index contributed by atoms with van der Waals surface area (Å²) in [6.45, 7) is -0.349. The third-order valence-electron chi connectivity index (χ3n) is 2.06. The third-order valence-corrected chi connectivity index (χ3v) is 2.06. The maximum Gasteiger partial charge on any atom is 0.269 e. The number of aliphatic hydroxyl groups excluding tert-OH is 2. The van der Waals surface area contributed by atoms with Crippen molar-refractivity contribution in [3.63, 3.8) is 0 Å². The lowest BCUT2D eigenvalue weighted by Crippen LogP contribution is -2.31. The SMILES string of the molecule is NC(CO)[C@H](O)c1ccc([N+](=O)[O-])cc1. The summed E-state index contributed by atoms with van der Waals surface area (Å²) in [5.41, 5.74) is 5.81. The van der Waals surface area contributed by atoms with Crippen LogP contribution in [0, 0.1) is 10.1 Å². The number of nitro benzene ring substituents is 1. The van der Waals surface area contributed by atoms with Crippen LogP contribution in [0.2, 0.25) is 0 Å². The number of nitro groups is 1. The molecule has 0 saturated heterocycles. The third kappa shape index (κ3) is 2.72. The van der Waals surface area contributed by atoms with Gasteiger partial charge in [0.1, 0.15) is 0 Å². The lowest BCUT2D eigenvalue weighted by Gasteiger charge is -2.16. The summed E-state index contributed by atoms with van der Waals surface area (Å²) in [5.74, 6) is 0. The van der Waals surface area contributed by atoms with E-state index in [4.69, 9.17) is 10.8 Å². The largest absolute Gasteiger partial charge is 0.395 e. The first-order valence-electron chi connectivity index (χ1n) is 4.35. The molecule has 0 radical (unpaired) electrons. The molecule has 1 aromatic carbocycles. The molecule has 0 bridgehead atoms. The summed E-state index contributed by atoms with van der Waals surface area (Å²) in [4.78, 5) is 9.82. The zero-order chi connectivity index (χ0) is 11.4. The quantitative estimate of drug-likeness (QED) is 0.478. The van der Waals surface area contributed by atoms with Crippen LogP contribution in [-0.4, -0.2) is 27.8 Å². The number of rotatable bonds is 4. The molecule has 15 heavy (non-hydrogen) atoms. The van der Waals surface area contributed by atoms with Crippen LogP contribution in [0.5, 0.6) is 0 Å². The number of nitrogens with zero attached hydrogens (tertiary/aromatic N) is 1. The Morgan fingerprint density at radius 2 is 1.93 bits per heavy atom. The van der Waals surface area contributed by atoms with Crippen molar-refractivity contribution in [2.75, 3.05) is 6.61 Å². The van der Waals surface area contributed by atoms with Gasteiger partial charge in [-0.3, -0.25) is 10.1 Å². The van der Waals surface area contributed by atoms with Gasteiger partial charge in [0, 0.05) is 12.1 Å². The molecule has 0 aromatic heterocycles. The Morgan fingerprint density at radius 3 is 2.33 bits per heavy atom. The second kappa shape index (κ2) is 4.83. The number of aliphatic hydroxyl groups is 2. The lowest BCUT2D eigenvalue weighted by molar-refractivity contribution is -0.384. The van der Waals surface area contributed by atoms with Gasteiger partial charge in [-0.15, -0.1) is 0 Å². The summed E-state index contributed by atoms with van der Waals surface area (Å²) in [7, 11) is 0. The maximum absolute atomic E-state index is 10.4. The number of non-ortho nitro benzene ring substituents is 1. The van der Waals surface area contributed by atoms with Crippen molar-refractivity contribution in [3.05, 3.63) is 39.9 Å². The van der Waals surface area contributed by atoms with E-state index in [1.54, 1.807) is 0 Å². The van der Waals surface area contributed by atoms with Crippen molar-refractivity contribution in [2.45, 2.75) is 12.1 Å². The van der Waals surface area contributed by atoms with Gasteiger partial charge < -0.3 is 15.9 Å². The zero-order valence-corrected chi connectivity index (χ0v) is 7.91. The van der Waals surface area contributed by atoms with Gasteiger partial charge in [0.05, 0.1) is 23.7 Å². The van der Waals surface area contributed by atoms with Crippen molar-refractivity contribution in [1.82, 2.24) is 0 Å². The molecular weight excluding hydrogens is 200 g/mol. The van der Waals surface area contributed by atoms with Gasteiger partial charge in [-0.25, -0.2) is 0 Å². The van der Waals surface area contributed by atoms with E-state index < -0.39 is 17.1 Å². The van der Waals surface area contributed by atoms with Crippen molar-refractivity contribution in [2.24, 2.45) is 5.73 Å². The smallest absolute Gasteiger partial charge is 0.269 e. The molecule has 2 atom stereocenters. The maximum atomic E-state index is 10.4. The molecule has 0 amide bonds. The van der Waals surface area contributed by atoms with Crippen molar-refractivity contribution in [3.8, 4) is 0 Å². The summed E-state index contributed by atoms with van der Waals surface area (Å²) in [6.07, 6.45) is -1.02. The minimum Gasteiger partial charge on any atom is -0.395 e. The highest BCUT2D eigenvalue weighted by molar-refractivity contribution is 5.34. The molecule has 0 saturated carbocycles. The predicted octanol–water partition coefficient (Wildman–Crippen LogP) is -0.0522. The van der Waals surface area contributed by atoms with E-state index in [0.717, 1.165) is 0 Å². The number of hydrogen-bond acceptors (Lipinski definition) is 5. The molecule has 0 heterocycles. The van der Waals surface area contributed by atoms with Crippen LogP contribution in [-0.2, 0) is 0 Å². The zero-order valence-electron chi connectivity index (χ0n) is 7.91. The molecule has 0 spiro atoms. The molecule has 1 aromatic rings. The average molecular weight is 212 g/mol. The minimum absolute atomic E-state index is 0.0523. The molecule has 4 N–H and O–H groups in total. The number of benzene rings is 1. The highest BCUT2D eigenvalue weighted by Crippen LogP contribution is 2.19. The lowest BCUT2D eigenvalue weighted by atomic mass is 10.0. The molecule has 6 heteroatoms. The first-order chi connectivity index (χ1) is 7.06. The summed E-state index contributed by atoms with van der Waals surface area (Å²) < 4.78 is 0. The number of hydrogen-bond donors (Lipinski definition) is 3. The standard InChI is InChI=1S/C9H12N2O4/c10-8(5-12)9(13)6-1-3-7(4-2-6)11(14)15/h1-4,8-9,12-13H,5,10H2/t8?,9-/m1/s1. The van der Waals surface area contributed by atoms with Crippen molar-refractivity contribution in [1.29, 1.82) is 0 Å². The summed E-state index contributed by atoms with van der Waals surface area (Å²) in [6, 6.07) is 4.61. The van der Waals surface area contributed by atoms with Crippen LogP contribution >= 0.6 is 0 Å². The topological polar surface area (TPSA) is 110 Å². The first-order valence-corrected chi connectivity index (χ1v) is 4.35. The fourth-order valence-electron chi connectivity index (χ4n) is 1.14. The van der Waals surface area contributed by atoms with Gasteiger partial charge in [-0.1, -0.05) is 0 Å². The Kier molecular flexibility index (Phi) is 3.73. The highest BCUT2D eigenvalue weighted by Gasteiger charge is 2.16. The van der Waals surface area contributed by atoms with Gasteiger partial charge >= 0.3 is 0 Å². The van der Waals surface area contributed by atoms with E-state index in [-0.39, 0.29) is 12.3 Å². The second-order valence-electron chi connectivity index (χ2n) is 3.14. The molecule has 0 fully saturated rings. The molecular formula is C9H12N2O4. The molecule has 0 aliphatic rings. The molecule has 0 aliphatic carbocycles. The fourth-order valence-corrected chi connectivity index (χ4v) is 1.14. The van der Waals surface area contributed by atoms with Crippen molar-refractivity contribution < 1.29 is 15.1 Å². The second-order valence-corrected chi connectivity index (χ2v) is 3.14. The Bertz CT molecular complexity index is 338. The monoisotopic (exact) mass is 212 g/mol. The molecule has 1 unspecified atom stereocenters. The molecule has 1 rings (SSSR count). The average Bonchev–Trinajstić information content (AvgIpc) is 2.27. The van der Waals surface area contributed by atoms with Gasteiger partial charge in [0.15, 0.2) is 0 Å². The minimum atomic E-state index is -1.02. The van der Waals surface area contributed by atoms with Gasteiger partial charge in [-0.2, -0.15) is 0 Å². The fraction of sp³-hybridized carbons (Fsp3) is 0.333. The Balaban J connectivity index is 2.84. The highest BCUT2D eigenvalue weighted by atomic mass is 16.6. The van der Waals surface area contributed by atoms with E-state index in [2.05, 4.69) is 0 Å². The van der Waals surface area contributed by atoms with E-state index in [1.165, 1.54) is 24.3 Å². The Labute approximate surface area is 86.1 Å². The van der Waals surface area contributed by atoms with E-state index in [1.807, 2.05) is 0 Å². The predicted molar refractivity (Wildman–Crippen MR) is 53.1 cm³/mol. The van der Waals surface area contributed by atoms with Gasteiger partial charge in [-0.05, 0) is 17.7 Å². The molecule has 0 aliphatic heterocycles. The van der Waals surface area contributed by atoms with Crippen LogP contribution < -0.4 is 5.73 Å². The van der Waals surface area contributed by atoms with Gasteiger partial charge in [0.2, 0.25) is 0 Å². The van der Waals surface area contributed by atoms with Gasteiger partial charge in [0.25, 0.3) is 5.69 Å². The Morgan fingerprint density at radius 1 is 1.40 bits per heavy atom. The first kappa shape index (κ1) is 11.6. The molecule has 6 nitrogen and oxygen atoms in total. The summed E-state index contributed by atoms with van der Waals surface area (Å²) in [5, 5.41) is 28.6. The normalized spacial score (nSPS) is 14.6. The van der Waals surface area contributed by atoms with E-state index in [9.17, 15) is 15.2 Å². The Hall–Kier alpha value is -1.50. The van der Waals surface area contributed by atoms with Crippen molar-refractivity contribution >= 4 is 5.69 Å². The van der Waals surface area contributed by atoms with Crippen LogP contribution in [0.1, 0.15) is 11.7 Å². The number of nitrogens with two attached hydrogens (primary N) is 1. The van der Waals surface area contributed by atoms with E-state index in [0.29, 0.717) is 5.56 Å².